The molecule has 55 heavy (non-hydrogen) atoms. The molecule has 2 amide bonds. The number of aromatic nitrogens is 4. The summed E-state index contributed by atoms with van der Waals surface area (Å²) >= 11 is 0.878. The van der Waals surface area contributed by atoms with E-state index in [2.05, 4.69) is 34.4 Å². The van der Waals surface area contributed by atoms with Crippen LogP contribution in [-0.2, 0) is 55.5 Å². The van der Waals surface area contributed by atoms with E-state index in [1.807, 2.05) is 0 Å². The van der Waals surface area contributed by atoms with E-state index in [-0.39, 0.29) is 89.1 Å². The Hall–Kier alpha value is -1.77. The summed E-state index contributed by atoms with van der Waals surface area (Å²) in [5.74, 6) is -1.61. The van der Waals surface area contributed by atoms with Gasteiger partial charge in [-0.2, -0.15) is 4.31 Å². The second-order valence-electron chi connectivity index (χ2n) is 12.2. The van der Waals surface area contributed by atoms with Crippen molar-refractivity contribution in [2.75, 3.05) is 37.8 Å². The van der Waals surface area contributed by atoms with Gasteiger partial charge < -0.3 is 50.9 Å². The number of amides is 2. The Morgan fingerprint density at radius 1 is 1.05 bits per heavy atom. The standard InChI is InChI=1S/C25H40N7O18P3S.Na/c1-13(33)8-16(35)54-7-6-27-15(34)4-5-28-23(38)20(37)25(2,3)10-47-53(44,45)50-52(42,43)46-9-14-19(49-51(39,40)41)18(36)24(48-14)32-12-31-17-21(26)29-11-30-22(17)32;/h11-12,14,18-20,24,36-37H,4-10H2,1-3H3,(H,27,34)(H,28,38)(H,42,43)(H,44,45)(H2,26,29,30)(H2,39,40,41);/t14-,18-,19-,20+,24-;/m1./s1. The summed E-state index contributed by atoms with van der Waals surface area (Å²) in [4.78, 5) is 97.7. The Morgan fingerprint density at radius 3 is 2.35 bits per heavy atom. The Balaban J connectivity index is 0.0000105. The molecule has 1 saturated heterocycles. The molecule has 0 saturated carbocycles. The van der Waals surface area contributed by atoms with Crippen LogP contribution in [0, 0.1) is 5.41 Å². The van der Waals surface area contributed by atoms with Crippen LogP contribution >= 0.6 is 35.2 Å². The molecule has 1 aliphatic rings. The minimum atomic E-state index is -5.58. The first-order valence-electron chi connectivity index (χ1n) is 15.5. The van der Waals surface area contributed by atoms with Crippen molar-refractivity contribution in [2.24, 2.45) is 5.41 Å². The summed E-state index contributed by atoms with van der Waals surface area (Å²) in [6, 6.07) is 0. The molecule has 2 aromatic rings. The van der Waals surface area contributed by atoms with E-state index in [4.69, 9.17) is 19.5 Å². The first-order chi connectivity index (χ1) is 24.9. The van der Waals surface area contributed by atoms with E-state index >= 15 is 0 Å². The molecular formula is C25H40N7NaO18P3S. The predicted octanol–water partition coefficient (Wildman–Crippen LogP) is -1.74. The van der Waals surface area contributed by atoms with Gasteiger partial charge in [0.1, 0.15) is 42.0 Å². The predicted molar refractivity (Wildman–Crippen MR) is 188 cm³/mol. The molecule has 1 fully saturated rings. The van der Waals surface area contributed by atoms with Gasteiger partial charge in [0.25, 0.3) is 0 Å². The van der Waals surface area contributed by atoms with Gasteiger partial charge in [-0.25, -0.2) is 28.6 Å². The third kappa shape index (κ3) is 15.5. The van der Waals surface area contributed by atoms with Crippen LogP contribution in [0.4, 0.5) is 5.82 Å². The molecule has 0 spiro atoms. The second-order valence-corrected chi connectivity index (χ2v) is 17.6. The van der Waals surface area contributed by atoms with Crippen molar-refractivity contribution in [1.29, 1.82) is 0 Å². The minimum absolute atomic E-state index is 0. The molecule has 25 nitrogen and oxygen atoms in total. The largest absolute Gasteiger partial charge is 0.481 e. The number of ketones is 1. The SMILES string of the molecule is CC(=O)CC(=O)SCCNC(=O)CCNC(=O)[C@H](O)C(C)(C)COP(=O)(O)OP(=O)(O)OC[C@H]1O[C@@H](n2cnc3c(N)ncnc32)[C@H](O)[C@@H]1OP(=O)(O)O.[Na]. The summed E-state index contributed by atoms with van der Waals surface area (Å²) in [5, 5.41) is 25.8. The van der Waals surface area contributed by atoms with Crippen LogP contribution in [0.25, 0.3) is 11.2 Å². The van der Waals surface area contributed by atoms with E-state index in [0.717, 1.165) is 29.0 Å². The molecule has 305 valence electrons. The number of aliphatic hydroxyl groups is 2. The molecule has 1 aliphatic heterocycles. The summed E-state index contributed by atoms with van der Waals surface area (Å²) in [5.41, 5.74) is 4.22. The average Bonchev–Trinajstić information content (AvgIpc) is 3.60. The molecule has 0 aliphatic carbocycles. The fourth-order valence-corrected chi connectivity index (χ4v) is 8.12. The van der Waals surface area contributed by atoms with Gasteiger partial charge in [-0.05, 0) is 6.92 Å². The van der Waals surface area contributed by atoms with Gasteiger partial charge in [0.15, 0.2) is 22.8 Å². The number of nitrogens with one attached hydrogen (secondary N) is 2. The normalized spacial score (nSPS) is 21.5. The number of Topliss-reactive ketones (excluding diaryl/α,β-unsaturated/α-hetero) is 1. The number of thioether (sulfide) groups is 1. The first kappa shape index (κ1) is 49.4. The topological polar surface area (TPSA) is 381 Å². The first-order valence-corrected chi connectivity index (χ1v) is 21.0. The van der Waals surface area contributed by atoms with Crippen LogP contribution in [0.5, 0.6) is 0 Å². The smallest absolute Gasteiger partial charge is 0.386 e. The molecule has 0 aromatic carbocycles. The van der Waals surface area contributed by atoms with Crippen molar-refractivity contribution in [3.05, 3.63) is 12.7 Å². The number of nitrogens with two attached hydrogens (primary N) is 1. The number of imidazole rings is 1. The molecule has 7 atom stereocenters. The number of hydrogen-bond acceptors (Lipinski definition) is 19. The fourth-order valence-electron chi connectivity index (χ4n) is 4.55. The Labute approximate surface area is 338 Å². The maximum Gasteiger partial charge on any atom is 0.481 e. The van der Waals surface area contributed by atoms with Crippen LogP contribution in [-0.4, -0.2) is 158 Å². The zero-order chi connectivity index (χ0) is 40.6. The van der Waals surface area contributed by atoms with Crippen LogP contribution in [0.1, 0.15) is 39.8 Å². The summed E-state index contributed by atoms with van der Waals surface area (Å²) in [6.07, 6.45) is -7.24. The fraction of sp³-hybridized carbons (Fsp3) is 0.640. The molecule has 3 rings (SSSR count). The van der Waals surface area contributed by atoms with Gasteiger partial charge in [-0.3, -0.25) is 37.3 Å². The van der Waals surface area contributed by atoms with E-state index < -0.39 is 84.6 Å². The van der Waals surface area contributed by atoms with E-state index in [0.29, 0.717) is 0 Å². The Kier molecular flexibility index (Phi) is 18.7. The molecule has 30 heteroatoms. The molecular weight excluding hydrogens is 834 g/mol. The van der Waals surface area contributed by atoms with Gasteiger partial charge >= 0.3 is 23.5 Å². The maximum atomic E-state index is 12.6. The number of carbonyl (C=O) groups excluding carboxylic acids is 4. The molecule has 3 heterocycles. The number of ether oxygens (including phenoxy) is 1. The van der Waals surface area contributed by atoms with Crippen LogP contribution in [0.15, 0.2) is 12.7 Å². The number of fused-ring (bicyclic) bond motifs is 1. The number of carbonyl (C=O) groups is 4. The van der Waals surface area contributed by atoms with Crippen molar-refractivity contribution in [3.63, 3.8) is 0 Å². The quantitative estimate of drug-likeness (QED) is 0.0291. The van der Waals surface area contributed by atoms with Crippen molar-refractivity contribution < 1.29 is 85.3 Å². The van der Waals surface area contributed by atoms with Gasteiger partial charge in [0.05, 0.1) is 26.0 Å². The Bertz CT molecular complexity index is 1830. The van der Waals surface area contributed by atoms with Gasteiger partial charge in [0, 0.05) is 60.2 Å². The number of anilines is 1. The average molecular weight is 875 g/mol. The van der Waals surface area contributed by atoms with Gasteiger partial charge in [-0.15, -0.1) is 0 Å². The summed E-state index contributed by atoms with van der Waals surface area (Å²) in [7, 11) is -16.4. The van der Waals surface area contributed by atoms with Gasteiger partial charge in [-0.1, -0.05) is 25.6 Å². The van der Waals surface area contributed by atoms with E-state index in [1.165, 1.54) is 20.8 Å². The van der Waals surface area contributed by atoms with Crippen molar-refractivity contribution >= 4 is 104 Å². The summed E-state index contributed by atoms with van der Waals surface area (Å²) < 4.78 is 61.9. The molecule has 10 N–H and O–H groups in total. The van der Waals surface area contributed by atoms with Crippen molar-refractivity contribution in [2.45, 2.75) is 64.3 Å². The molecule has 2 unspecified atom stereocenters. The maximum absolute atomic E-state index is 12.6. The van der Waals surface area contributed by atoms with Crippen molar-refractivity contribution in [3.8, 4) is 0 Å². The summed E-state index contributed by atoms with van der Waals surface area (Å²) in [6.45, 7) is 1.58. The second kappa shape index (κ2) is 20.8. The molecule has 0 bridgehead atoms. The van der Waals surface area contributed by atoms with Crippen molar-refractivity contribution in [1.82, 2.24) is 30.2 Å². The number of nitrogens with zero attached hydrogens (tertiary/aromatic N) is 4. The Morgan fingerprint density at radius 2 is 1.71 bits per heavy atom. The third-order valence-corrected chi connectivity index (χ3v) is 11.1. The molecule has 2 aromatic heterocycles. The number of hydrogen-bond donors (Lipinski definition) is 9. The zero-order valence-electron chi connectivity index (χ0n) is 29.7. The van der Waals surface area contributed by atoms with Crippen LogP contribution in [0.2, 0.25) is 0 Å². The zero-order valence-corrected chi connectivity index (χ0v) is 35.2. The monoisotopic (exact) mass is 874 g/mol. The van der Waals surface area contributed by atoms with E-state index in [9.17, 15) is 62.7 Å². The number of nitrogen functional groups attached to an aromatic ring is 1. The number of rotatable bonds is 21. The number of aliphatic hydroxyl groups excluding tert-OH is 2. The van der Waals surface area contributed by atoms with E-state index in [1.54, 1.807) is 0 Å². The molecule has 1 radical (unpaired) electrons. The third-order valence-electron chi connectivity index (χ3n) is 7.16. The number of phosphoric ester groups is 3. The minimum Gasteiger partial charge on any atom is -0.386 e. The van der Waals surface area contributed by atoms with Crippen LogP contribution < -0.4 is 16.4 Å². The van der Waals surface area contributed by atoms with Crippen LogP contribution in [0.3, 0.4) is 0 Å². The number of phosphoric acid groups is 3. The van der Waals surface area contributed by atoms with Gasteiger partial charge in [0.2, 0.25) is 11.8 Å².